The largest absolute Gasteiger partial charge is 0.485 e. The number of para-hydroxylation sites is 1. The van der Waals surface area contributed by atoms with Crippen molar-refractivity contribution in [2.24, 2.45) is 0 Å². The van der Waals surface area contributed by atoms with Crippen LogP contribution in [0.4, 0.5) is 0 Å². The molecule has 0 radical (unpaired) electrons. The molecule has 3 rings (SSSR count). The van der Waals surface area contributed by atoms with Crippen molar-refractivity contribution in [3.8, 4) is 5.75 Å². The Labute approximate surface area is 130 Å². The minimum absolute atomic E-state index is 0.131. The van der Waals surface area contributed by atoms with Gasteiger partial charge in [0.2, 0.25) is 0 Å². The maximum absolute atomic E-state index is 12.1. The molecule has 1 N–H and O–H groups in total. The Balaban J connectivity index is 1.56. The van der Waals surface area contributed by atoms with Crippen LogP contribution in [-0.2, 0) is 6.61 Å². The maximum atomic E-state index is 12.1. The Morgan fingerprint density at radius 2 is 2.00 bits per heavy atom. The molecule has 1 amide bonds. The highest BCUT2D eigenvalue weighted by Gasteiger charge is 2.19. The van der Waals surface area contributed by atoms with Crippen molar-refractivity contribution in [3.05, 3.63) is 53.5 Å². The second-order valence-corrected chi connectivity index (χ2v) is 5.77. The highest BCUT2D eigenvalue weighted by Crippen LogP contribution is 2.20. The number of hydrogen-bond donors (Lipinski definition) is 1. The van der Waals surface area contributed by atoms with Crippen molar-refractivity contribution in [1.82, 2.24) is 5.32 Å². The lowest BCUT2D eigenvalue weighted by molar-refractivity contribution is 0.0905. The molecule has 2 aromatic rings. The first-order valence-corrected chi connectivity index (χ1v) is 7.80. The number of furan rings is 1. The van der Waals surface area contributed by atoms with Crippen molar-refractivity contribution in [3.63, 3.8) is 0 Å². The van der Waals surface area contributed by atoms with Crippen LogP contribution < -0.4 is 10.1 Å². The zero-order valence-corrected chi connectivity index (χ0v) is 12.8. The molecular weight excluding hydrogens is 278 g/mol. The molecule has 1 fully saturated rings. The third-order valence-electron chi connectivity index (χ3n) is 4.04. The highest BCUT2D eigenvalue weighted by molar-refractivity contribution is 5.91. The van der Waals surface area contributed by atoms with Gasteiger partial charge < -0.3 is 14.5 Å². The molecule has 22 heavy (non-hydrogen) atoms. The fraction of sp³-hybridized carbons (Fsp3) is 0.389. The van der Waals surface area contributed by atoms with Gasteiger partial charge in [0.25, 0.3) is 5.91 Å². The van der Waals surface area contributed by atoms with Crippen molar-refractivity contribution in [1.29, 1.82) is 0 Å². The van der Waals surface area contributed by atoms with E-state index in [0.717, 1.165) is 24.2 Å². The lowest BCUT2D eigenvalue weighted by Gasteiger charge is -2.10. The van der Waals surface area contributed by atoms with Crippen LogP contribution in [0.25, 0.3) is 0 Å². The number of carbonyl (C=O) groups excluding carboxylic acids is 1. The van der Waals surface area contributed by atoms with Gasteiger partial charge in [-0.25, -0.2) is 0 Å². The van der Waals surface area contributed by atoms with Gasteiger partial charge in [-0.1, -0.05) is 31.0 Å². The smallest absolute Gasteiger partial charge is 0.287 e. The van der Waals surface area contributed by atoms with E-state index in [1.54, 1.807) is 12.1 Å². The summed E-state index contributed by atoms with van der Waals surface area (Å²) in [5, 5.41) is 3.02. The standard InChI is InChI=1S/C18H21NO3/c1-13-6-2-5-9-16(13)21-12-15-10-11-17(22-15)18(20)19-14-7-3-4-8-14/h2,5-6,9-11,14H,3-4,7-8,12H2,1H3,(H,19,20). The quantitative estimate of drug-likeness (QED) is 0.912. The Morgan fingerprint density at radius 1 is 1.23 bits per heavy atom. The van der Waals surface area contributed by atoms with E-state index in [0.29, 0.717) is 24.2 Å². The second kappa shape index (κ2) is 6.69. The fourth-order valence-corrected chi connectivity index (χ4v) is 2.77. The van der Waals surface area contributed by atoms with Crippen molar-refractivity contribution < 1.29 is 13.9 Å². The summed E-state index contributed by atoms with van der Waals surface area (Å²) in [6, 6.07) is 11.6. The van der Waals surface area contributed by atoms with E-state index >= 15 is 0 Å². The molecule has 1 aliphatic rings. The molecule has 1 saturated carbocycles. The van der Waals surface area contributed by atoms with Crippen LogP contribution in [0.3, 0.4) is 0 Å². The van der Waals surface area contributed by atoms with Crippen LogP contribution in [0.5, 0.6) is 5.75 Å². The van der Waals surface area contributed by atoms with Crippen molar-refractivity contribution in [2.45, 2.75) is 45.3 Å². The molecule has 0 saturated heterocycles. The van der Waals surface area contributed by atoms with Gasteiger partial charge in [0.1, 0.15) is 18.1 Å². The van der Waals surface area contributed by atoms with Gasteiger partial charge in [-0.05, 0) is 43.5 Å². The molecule has 1 aliphatic carbocycles. The van der Waals surface area contributed by atoms with Crippen LogP contribution >= 0.6 is 0 Å². The molecule has 0 aliphatic heterocycles. The van der Waals surface area contributed by atoms with E-state index in [2.05, 4.69) is 5.32 Å². The van der Waals surface area contributed by atoms with Crippen LogP contribution in [0.2, 0.25) is 0 Å². The van der Waals surface area contributed by atoms with Gasteiger partial charge in [-0.2, -0.15) is 0 Å². The van der Waals surface area contributed by atoms with E-state index in [1.165, 1.54) is 12.8 Å². The average molecular weight is 299 g/mol. The van der Waals surface area contributed by atoms with Crippen LogP contribution in [0, 0.1) is 6.92 Å². The summed E-state index contributed by atoms with van der Waals surface area (Å²) in [6.45, 7) is 2.32. The predicted molar refractivity (Wildman–Crippen MR) is 83.9 cm³/mol. The number of hydrogen-bond acceptors (Lipinski definition) is 3. The number of benzene rings is 1. The summed E-state index contributed by atoms with van der Waals surface area (Å²) in [7, 11) is 0. The van der Waals surface area contributed by atoms with Crippen molar-refractivity contribution in [2.75, 3.05) is 0 Å². The van der Waals surface area contributed by atoms with Gasteiger partial charge in [-0.3, -0.25) is 4.79 Å². The Kier molecular flexibility index (Phi) is 4.47. The summed E-state index contributed by atoms with van der Waals surface area (Å²) in [4.78, 5) is 12.1. The normalized spacial score (nSPS) is 15.0. The summed E-state index contributed by atoms with van der Waals surface area (Å²) in [5.74, 6) is 1.71. The van der Waals surface area contributed by atoms with Crippen molar-refractivity contribution >= 4 is 5.91 Å². The minimum Gasteiger partial charge on any atom is -0.485 e. The van der Waals surface area contributed by atoms with Gasteiger partial charge >= 0.3 is 0 Å². The molecule has 1 aromatic carbocycles. The summed E-state index contributed by atoms with van der Waals surface area (Å²) < 4.78 is 11.3. The summed E-state index contributed by atoms with van der Waals surface area (Å²) >= 11 is 0. The Hall–Kier alpha value is -2.23. The predicted octanol–water partition coefficient (Wildman–Crippen LogP) is 3.84. The molecule has 1 aromatic heterocycles. The molecule has 4 nitrogen and oxygen atoms in total. The van der Waals surface area contributed by atoms with Gasteiger partial charge in [-0.15, -0.1) is 0 Å². The summed E-state index contributed by atoms with van der Waals surface area (Å²) in [6.07, 6.45) is 4.52. The van der Waals surface area contributed by atoms with E-state index < -0.39 is 0 Å². The zero-order valence-electron chi connectivity index (χ0n) is 12.8. The molecule has 116 valence electrons. The third-order valence-corrected chi connectivity index (χ3v) is 4.04. The van der Waals surface area contributed by atoms with Crippen LogP contribution in [0.15, 0.2) is 40.8 Å². The van der Waals surface area contributed by atoms with Crippen LogP contribution in [-0.4, -0.2) is 11.9 Å². The van der Waals surface area contributed by atoms with E-state index in [4.69, 9.17) is 9.15 Å². The number of aryl methyl sites for hydroxylation is 1. The van der Waals surface area contributed by atoms with Gasteiger partial charge in [0.15, 0.2) is 5.76 Å². The van der Waals surface area contributed by atoms with Gasteiger partial charge in [0.05, 0.1) is 0 Å². The number of carbonyl (C=O) groups is 1. The molecular formula is C18H21NO3. The molecule has 0 atom stereocenters. The number of nitrogens with one attached hydrogen (secondary N) is 1. The number of rotatable bonds is 5. The van der Waals surface area contributed by atoms with Gasteiger partial charge in [0, 0.05) is 6.04 Å². The van der Waals surface area contributed by atoms with E-state index in [9.17, 15) is 4.79 Å². The third kappa shape index (κ3) is 3.50. The lowest BCUT2D eigenvalue weighted by Crippen LogP contribution is -2.32. The Bertz CT molecular complexity index is 641. The topological polar surface area (TPSA) is 51.5 Å². The number of amides is 1. The molecule has 0 unspecified atom stereocenters. The highest BCUT2D eigenvalue weighted by atomic mass is 16.5. The summed E-state index contributed by atoms with van der Waals surface area (Å²) in [5.41, 5.74) is 1.08. The minimum atomic E-state index is -0.131. The maximum Gasteiger partial charge on any atom is 0.287 e. The molecule has 0 bridgehead atoms. The first-order valence-electron chi connectivity index (χ1n) is 7.80. The average Bonchev–Trinajstić information content (AvgIpc) is 3.18. The monoisotopic (exact) mass is 299 g/mol. The molecule has 0 spiro atoms. The SMILES string of the molecule is Cc1ccccc1OCc1ccc(C(=O)NC2CCCC2)o1. The van der Waals surface area contributed by atoms with E-state index in [-0.39, 0.29) is 5.91 Å². The van der Waals surface area contributed by atoms with Crippen LogP contribution in [0.1, 0.15) is 47.6 Å². The first-order chi connectivity index (χ1) is 10.7. The first kappa shape index (κ1) is 14.7. The lowest BCUT2D eigenvalue weighted by atomic mass is 10.2. The second-order valence-electron chi connectivity index (χ2n) is 5.77. The fourth-order valence-electron chi connectivity index (χ4n) is 2.77. The number of ether oxygens (including phenoxy) is 1. The zero-order chi connectivity index (χ0) is 15.4. The van der Waals surface area contributed by atoms with E-state index in [1.807, 2.05) is 31.2 Å². The Morgan fingerprint density at radius 3 is 2.77 bits per heavy atom. The molecule has 4 heteroatoms. The molecule has 1 heterocycles.